The first-order valence-corrected chi connectivity index (χ1v) is 14.7. The summed E-state index contributed by atoms with van der Waals surface area (Å²) in [7, 11) is 0. The van der Waals surface area contributed by atoms with E-state index in [1.54, 1.807) is 0 Å². The Morgan fingerprint density at radius 1 is 0.600 bits per heavy atom. The number of rotatable bonds is 12. The first-order valence-electron chi connectivity index (χ1n) is 14.7. The maximum Gasteiger partial charge on any atom is 0.106 e. The van der Waals surface area contributed by atoms with Crippen LogP contribution in [-0.2, 0) is 9.47 Å². The number of benzene rings is 2. The Morgan fingerprint density at radius 2 is 1.23 bits per heavy atom. The Hall–Kier alpha value is -1.64. The molecular formula is C33H48O2. The van der Waals surface area contributed by atoms with E-state index in [4.69, 9.17) is 9.47 Å². The van der Waals surface area contributed by atoms with E-state index < -0.39 is 0 Å². The Bertz CT molecular complexity index is 824. The van der Waals surface area contributed by atoms with Crippen molar-refractivity contribution in [2.24, 2.45) is 5.92 Å². The molecule has 0 amide bonds. The van der Waals surface area contributed by atoms with Crippen molar-refractivity contribution in [3.8, 4) is 11.1 Å². The Labute approximate surface area is 214 Å². The minimum Gasteiger partial charge on any atom is -0.373 e. The highest BCUT2D eigenvalue weighted by molar-refractivity contribution is 5.64. The van der Waals surface area contributed by atoms with Crippen LogP contribution in [0, 0.1) is 5.92 Å². The average Bonchev–Trinajstić information content (AvgIpc) is 2.93. The lowest BCUT2D eigenvalue weighted by Gasteiger charge is -2.30. The van der Waals surface area contributed by atoms with Gasteiger partial charge in [-0.3, -0.25) is 0 Å². The summed E-state index contributed by atoms with van der Waals surface area (Å²) in [6.45, 7) is 5.97. The average molecular weight is 477 g/mol. The van der Waals surface area contributed by atoms with Crippen LogP contribution in [0.25, 0.3) is 11.1 Å². The van der Waals surface area contributed by atoms with E-state index >= 15 is 0 Å². The van der Waals surface area contributed by atoms with Gasteiger partial charge in [-0.25, -0.2) is 0 Å². The second-order valence-electron chi connectivity index (χ2n) is 11.1. The van der Waals surface area contributed by atoms with Crippen LogP contribution in [0.5, 0.6) is 0 Å². The van der Waals surface area contributed by atoms with Gasteiger partial charge >= 0.3 is 0 Å². The topological polar surface area (TPSA) is 18.5 Å². The summed E-state index contributed by atoms with van der Waals surface area (Å²) in [5.74, 6) is 1.73. The molecule has 0 aromatic heterocycles. The van der Waals surface area contributed by atoms with Gasteiger partial charge in [-0.1, -0.05) is 114 Å². The standard InChI is InChI=1S/C33H48O2/c1-3-5-7-8-9-11-32-24-35-33(25-34-32)31-22-20-30(21-23-31)29-18-16-28(17-19-29)27-14-12-26(13-15-27)10-6-4-2/h16-23,26-27,32-33H,3-15,24-25H2,1-2H3/t26?,27?,32-,33-/m0/s1. The van der Waals surface area contributed by atoms with Gasteiger partial charge in [0.2, 0.25) is 0 Å². The predicted molar refractivity (Wildman–Crippen MR) is 148 cm³/mol. The molecule has 0 N–H and O–H groups in total. The summed E-state index contributed by atoms with van der Waals surface area (Å²) >= 11 is 0. The van der Waals surface area contributed by atoms with Gasteiger partial charge < -0.3 is 9.47 Å². The Balaban J connectivity index is 1.23. The molecule has 2 aromatic carbocycles. The Kier molecular flexibility index (Phi) is 10.7. The fraction of sp³-hybridized carbons (Fsp3) is 0.636. The van der Waals surface area contributed by atoms with E-state index in [9.17, 15) is 0 Å². The summed E-state index contributed by atoms with van der Waals surface area (Å²) in [5.41, 5.74) is 5.35. The molecule has 2 aliphatic rings. The largest absolute Gasteiger partial charge is 0.373 e. The molecule has 1 aliphatic heterocycles. The van der Waals surface area contributed by atoms with Crippen LogP contribution >= 0.6 is 0 Å². The van der Waals surface area contributed by atoms with Crippen LogP contribution in [0.4, 0.5) is 0 Å². The summed E-state index contributed by atoms with van der Waals surface area (Å²) in [6.07, 6.45) is 17.8. The summed E-state index contributed by atoms with van der Waals surface area (Å²) in [5, 5.41) is 0. The number of hydrogen-bond donors (Lipinski definition) is 0. The maximum absolute atomic E-state index is 6.19. The van der Waals surface area contributed by atoms with E-state index in [1.165, 1.54) is 99.3 Å². The molecule has 1 saturated heterocycles. The van der Waals surface area contributed by atoms with Crippen molar-refractivity contribution >= 4 is 0 Å². The van der Waals surface area contributed by atoms with Gasteiger partial charge in [0, 0.05) is 0 Å². The van der Waals surface area contributed by atoms with E-state index in [0.717, 1.165) is 24.9 Å². The summed E-state index contributed by atoms with van der Waals surface area (Å²) in [4.78, 5) is 0. The highest BCUT2D eigenvalue weighted by Crippen LogP contribution is 2.38. The van der Waals surface area contributed by atoms with E-state index in [1.807, 2.05) is 0 Å². The molecular weight excluding hydrogens is 428 g/mol. The van der Waals surface area contributed by atoms with E-state index in [2.05, 4.69) is 62.4 Å². The molecule has 2 nitrogen and oxygen atoms in total. The smallest absolute Gasteiger partial charge is 0.106 e. The van der Waals surface area contributed by atoms with Crippen molar-refractivity contribution < 1.29 is 9.47 Å². The zero-order chi connectivity index (χ0) is 24.3. The fourth-order valence-corrected chi connectivity index (χ4v) is 5.99. The third-order valence-corrected chi connectivity index (χ3v) is 8.41. The van der Waals surface area contributed by atoms with Gasteiger partial charge in [0.05, 0.1) is 19.3 Å². The number of unbranched alkanes of at least 4 members (excludes halogenated alkanes) is 5. The first kappa shape index (κ1) is 26.4. The molecule has 1 aliphatic carbocycles. The second kappa shape index (κ2) is 14.2. The number of ether oxygens (including phenoxy) is 2. The highest BCUT2D eigenvalue weighted by Gasteiger charge is 2.24. The van der Waals surface area contributed by atoms with Crippen LogP contribution in [0.2, 0.25) is 0 Å². The quantitative estimate of drug-likeness (QED) is 0.284. The van der Waals surface area contributed by atoms with Gasteiger partial charge in [-0.2, -0.15) is 0 Å². The zero-order valence-electron chi connectivity index (χ0n) is 22.4. The van der Waals surface area contributed by atoms with Crippen LogP contribution < -0.4 is 0 Å². The molecule has 35 heavy (non-hydrogen) atoms. The van der Waals surface area contributed by atoms with E-state index in [-0.39, 0.29) is 12.2 Å². The van der Waals surface area contributed by atoms with Crippen molar-refractivity contribution in [3.63, 3.8) is 0 Å². The lowest BCUT2D eigenvalue weighted by Crippen LogP contribution is -2.31. The van der Waals surface area contributed by atoms with E-state index in [0.29, 0.717) is 6.61 Å². The molecule has 0 bridgehead atoms. The van der Waals surface area contributed by atoms with Gasteiger partial charge in [0.25, 0.3) is 0 Å². The minimum absolute atomic E-state index is 0.0650. The maximum atomic E-state index is 6.19. The lowest BCUT2D eigenvalue weighted by atomic mass is 9.77. The number of hydrogen-bond acceptors (Lipinski definition) is 2. The summed E-state index contributed by atoms with van der Waals surface area (Å²) < 4.78 is 12.3. The molecule has 0 spiro atoms. The molecule has 2 fully saturated rings. The van der Waals surface area contributed by atoms with Crippen molar-refractivity contribution in [3.05, 3.63) is 59.7 Å². The zero-order valence-corrected chi connectivity index (χ0v) is 22.4. The van der Waals surface area contributed by atoms with Crippen LogP contribution in [0.3, 0.4) is 0 Å². The summed E-state index contributed by atoms with van der Waals surface area (Å²) in [6, 6.07) is 18.3. The molecule has 0 radical (unpaired) electrons. The van der Waals surface area contributed by atoms with Crippen molar-refractivity contribution in [2.75, 3.05) is 13.2 Å². The third kappa shape index (κ3) is 7.92. The van der Waals surface area contributed by atoms with Crippen molar-refractivity contribution in [2.45, 2.75) is 115 Å². The molecule has 0 unspecified atom stereocenters. The van der Waals surface area contributed by atoms with Gasteiger partial charge in [0.1, 0.15) is 6.10 Å². The SMILES string of the molecule is CCCCCCC[C@H]1CO[C@H](c2ccc(-c3ccc(C4CCC(CCCC)CC4)cc3)cc2)CO1. The highest BCUT2D eigenvalue weighted by atomic mass is 16.6. The molecule has 2 aromatic rings. The van der Waals surface area contributed by atoms with Crippen molar-refractivity contribution in [1.82, 2.24) is 0 Å². The van der Waals surface area contributed by atoms with Gasteiger partial charge in [-0.15, -0.1) is 0 Å². The molecule has 1 heterocycles. The molecule has 4 rings (SSSR count). The minimum atomic E-state index is 0.0650. The fourth-order valence-electron chi connectivity index (χ4n) is 5.99. The van der Waals surface area contributed by atoms with Gasteiger partial charge in [-0.05, 0) is 66.2 Å². The van der Waals surface area contributed by atoms with Crippen LogP contribution in [0.1, 0.15) is 120 Å². The molecule has 1 saturated carbocycles. The predicted octanol–water partition coefficient (Wildman–Crippen LogP) is 9.63. The Morgan fingerprint density at radius 3 is 1.83 bits per heavy atom. The molecule has 192 valence electrons. The second-order valence-corrected chi connectivity index (χ2v) is 11.1. The molecule has 2 heteroatoms. The molecule has 2 atom stereocenters. The third-order valence-electron chi connectivity index (χ3n) is 8.41. The van der Waals surface area contributed by atoms with Crippen LogP contribution in [0.15, 0.2) is 48.5 Å². The monoisotopic (exact) mass is 476 g/mol. The van der Waals surface area contributed by atoms with Crippen LogP contribution in [-0.4, -0.2) is 19.3 Å². The van der Waals surface area contributed by atoms with Crippen molar-refractivity contribution in [1.29, 1.82) is 0 Å². The lowest BCUT2D eigenvalue weighted by molar-refractivity contribution is -0.137. The normalized spacial score (nSPS) is 25.0. The first-order chi connectivity index (χ1) is 17.3. The van der Waals surface area contributed by atoms with Gasteiger partial charge in [0.15, 0.2) is 0 Å².